The van der Waals surface area contributed by atoms with Gasteiger partial charge < -0.3 is 29.9 Å². The van der Waals surface area contributed by atoms with E-state index in [0.29, 0.717) is 0 Å². The summed E-state index contributed by atoms with van der Waals surface area (Å²) in [5.41, 5.74) is -1.78. The van der Waals surface area contributed by atoms with Crippen LogP contribution in [0.2, 0.25) is 0 Å². The van der Waals surface area contributed by atoms with Crippen molar-refractivity contribution in [1.82, 2.24) is 29.1 Å². The van der Waals surface area contributed by atoms with Gasteiger partial charge in [-0.3, -0.25) is 33.8 Å². The number of pyridine rings is 2. The Bertz CT molecular complexity index is 2160. The average Bonchev–Trinajstić information content (AvgIpc) is 3.68. The topological polar surface area (TPSA) is 272 Å². The third kappa shape index (κ3) is 7.36. The Kier molecular flexibility index (Phi) is 12.5. The molecule has 0 aliphatic carbocycles. The molecule has 0 fully saturated rings. The molecule has 4 rings (SSSR count). The Balaban J connectivity index is 0.000000333. The Morgan fingerprint density at radius 1 is 0.776 bits per heavy atom. The molecule has 0 unspecified atom stereocenters. The molecule has 245 valence electrons. The minimum atomic E-state index is -0.621. The second-order valence-electron chi connectivity index (χ2n) is 8.88. The molecule has 0 amide bonds. The van der Waals surface area contributed by atoms with Crippen molar-refractivity contribution in [3.8, 4) is 30.0 Å². The number of imidazole rings is 2. The fourth-order valence-electron chi connectivity index (χ4n) is 3.92. The zero-order valence-corrected chi connectivity index (χ0v) is 26.5. The van der Waals surface area contributed by atoms with Gasteiger partial charge in [0.1, 0.15) is 35.3 Å². The van der Waals surface area contributed by atoms with E-state index in [4.69, 9.17) is 35.5 Å². The minimum Gasteiger partial charge on any atom is -0.562 e. The van der Waals surface area contributed by atoms with Crippen LogP contribution in [0.5, 0.6) is 11.8 Å². The molecule has 21 heteroatoms. The summed E-state index contributed by atoms with van der Waals surface area (Å²) in [6.45, 7) is 27.3. The molecule has 0 bridgehead atoms. The zero-order valence-electron chi connectivity index (χ0n) is 25.6. The molecule has 0 saturated carbocycles. The van der Waals surface area contributed by atoms with Gasteiger partial charge in [-0.2, -0.15) is 15.8 Å². The fourth-order valence-corrected chi connectivity index (χ4v) is 3.92. The summed E-state index contributed by atoms with van der Waals surface area (Å²) in [7, 11) is 0. The van der Waals surface area contributed by atoms with Gasteiger partial charge in [-0.1, -0.05) is 6.57 Å². The monoisotopic (exact) mass is 705 g/mol. The summed E-state index contributed by atoms with van der Waals surface area (Å²) >= 11 is 0. The number of nitrogens with zero attached hydrogens (tertiary/aromatic N) is 16. The normalized spacial score (nSPS) is 10.1. The summed E-state index contributed by atoms with van der Waals surface area (Å²) in [6, 6.07) is 5.18. The maximum atomic E-state index is 12.0. The van der Waals surface area contributed by atoms with E-state index in [0.717, 1.165) is 9.13 Å². The molecule has 0 spiro atoms. The number of aromatic nitrogens is 6. The van der Waals surface area contributed by atoms with E-state index in [2.05, 4.69) is 54.9 Å². The van der Waals surface area contributed by atoms with Crippen LogP contribution in [0.15, 0.2) is 30.0 Å². The third-order valence-electron chi connectivity index (χ3n) is 6.30. The number of azo groups is 2. The van der Waals surface area contributed by atoms with Crippen molar-refractivity contribution in [3.05, 3.63) is 83.0 Å². The van der Waals surface area contributed by atoms with E-state index >= 15 is 0 Å². The molecule has 0 saturated heterocycles. The van der Waals surface area contributed by atoms with Crippen LogP contribution in [-0.4, -0.2) is 29.3 Å². The van der Waals surface area contributed by atoms with Gasteiger partial charge in [0.15, 0.2) is 5.69 Å². The number of hydrogen-bond acceptors (Lipinski definition) is 13. The summed E-state index contributed by atoms with van der Waals surface area (Å²) in [5, 5.41) is 62.0. The van der Waals surface area contributed by atoms with Crippen molar-refractivity contribution in [3.63, 3.8) is 0 Å². The molecular formula is C28H18CuN16O4. The first-order valence-electron chi connectivity index (χ1n) is 13.1. The maximum absolute atomic E-state index is 12.0. The number of rotatable bonds is 6. The summed E-state index contributed by atoms with van der Waals surface area (Å²) in [6.07, 6.45) is 0. The minimum absolute atomic E-state index is 0. The zero-order chi connectivity index (χ0) is 35.7. The first kappa shape index (κ1) is 37.8. The van der Waals surface area contributed by atoms with Crippen molar-refractivity contribution in [2.24, 2.45) is 20.5 Å². The van der Waals surface area contributed by atoms with Crippen LogP contribution >= 0.6 is 0 Å². The Hall–Kier alpha value is -7.42. The first-order valence-corrected chi connectivity index (χ1v) is 13.1. The average molecular weight is 706 g/mol. The Labute approximate surface area is 286 Å². The van der Waals surface area contributed by atoms with Crippen molar-refractivity contribution in [2.45, 2.75) is 40.8 Å². The van der Waals surface area contributed by atoms with Crippen LogP contribution in [0.1, 0.15) is 41.9 Å². The van der Waals surface area contributed by atoms with Crippen LogP contribution in [0.4, 0.5) is 40.6 Å². The molecule has 0 aliphatic heterocycles. The molecule has 2 N–H and O–H groups in total. The van der Waals surface area contributed by atoms with Gasteiger partial charge in [-0.25, -0.2) is 16.5 Å². The van der Waals surface area contributed by atoms with Gasteiger partial charge in [-0.05, 0) is 33.3 Å². The Morgan fingerprint density at radius 2 is 1.33 bits per heavy atom. The van der Waals surface area contributed by atoms with Gasteiger partial charge in [-0.15, -0.1) is 10.2 Å². The molecule has 0 atom stereocenters. The van der Waals surface area contributed by atoms with E-state index in [-0.39, 0.29) is 98.8 Å². The number of aromatic hydroxyl groups is 2. The van der Waals surface area contributed by atoms with Crippen LogP contribution in [0.25, 0.3) is 14.5 Å². The Morgan fingerprint density at radius 3 is 1.76 bits per heavy atom. The maximum Gasteiger partial charge on any atom is 2.00 e. The van der Waals surface area contributed by atoms with Crippen molar-refractivity contribution < 1.29 is 27.3 Å². The van der Waals surface area contributed by atoms with Crippen molar-refractivity contribution in [2.75, 3.05) is 0 Å². The molecule has 0 aliphatic rings. The first-order chi connectivity index (χ1) is 23.0. The number of hydrogen-bond donors (Lipinski definition) is 2. The second kappa shape index (κ2) is 16.2. The SMILES string of the molecule is [C-]#[N+]c1c(C)c(N=Nc2nc(C#N)c(C#N)[n-]2)c(O)n(CC)c1=O.[C-]#[N+]c1nc(N=Nc2c(C)c(C#N)c(=O)n(CC)c2O)[n-]c1[N+]#[C-].[Cu+2]. The van der Waals surface area contributed by atoms with E-state index in [9.17, 15) is 19.8 Å². The molecule has 49 heavy (non-hydrogen) atoms. The molecule has 4 aromatic rings. The quantitative estimate of drug-likeness (QED) is 0.159. The fraction of sp³-hybridized carbons (Fsp3) is 0.214. The van der Waals surface area contributed by atoms with Crippen LogP contribution in [0, 0.1) is 67.6 Å². The third-order valence-corrected chi connectivity index (χ3v) is 6.30. The van der Waals surface area contributed by atoms with Crippen molar-refractivity contribution in [1.29, 1.82) is 15.8 Å². The summed E-state index contributed by atoms with van der Waals surface area (Å²) in [5.74, 6) is -1.74. The van der Waals surface area contributed by atoms with Gasteiger partial charge >= 0.3 is 17.1 Å². The van der Waals surface area contributed by atoms with E-state index < -0.39 is 22.9 Å². The standard InChI is InChI=1S/2C14H10N8O2.Cu/c1-5-22-12(23)8(6-15)7(2)9(13(22)24)20-21-14-18-10(16-3)11(17-4)19-14;1-4-22-12(23)10(17-3)7(2)11(13(22)24)20-21-14-18-8(5-15)9(6-16)19-14;/h5H2,1-2H3,(H2,18,19,20,21,23,24);4H2,1-2H3,(H2,18,19,20,21,23,24);/q;;+2/p-2. The van der Waals surface area contributed by atoms with E-state index in [1.165, 1.54) is 13.8 Å². The van der Waals surface area contributed by atoms with Crippen molar-refractivity contribution >= 4 is 40.6 Å². The molecule has 20 nitrogen and oxygen atoms in total. The van der Waals surface area contributed by atoms with E-state index in [1.54, 1.807) is 32.1 Å². The largest absolute Gasteiger partial charge is 2.00 e. The second-order valence-corrected chi connectivity index (χ2v) is 8.88. The van der Waals surface area contributed by atoms with Crippen LogP contribution in [-0.2, 0) is 30.2 Å². The summed E-state index contributed by atoms with van der Waals surface area (Å²) < 4.78 is 1.98. The summed E-state index contributed by atoms with van der Waals surface area (Å²) in [4.78, 5) is 48.2. The van der Waals surface area contributed by atoms with Gasteiger partial charge in [0, 0.05) is 24.6 Å². The predicted molar refractivity (Wildman–Crippen MR) is 162 cm³/mol. The predicted octanol–water partition coefficient (Wildman–Crippen LogP) is 4.56. The number of nitriles is 3. The smallest absolute Gasteiger partial charge is 0.562 e. The molecule has 4 aromatic heterocycles. The van der Waals surface area contributed by atoms with Gasteiger partial charge in [0.25, 0.3) is 16.8 Å². The molecular weight excluding hydrogens is 688 g/mol. The molecule has 1 radical (unpaired) electrons. The van der Waals surface area contributed by atoms with Crippen LogP contribution < -0.4 is 21.1 Å². The molecule has 0 aromatic carbocycles. The van der Waals surface area contributed by atoms with Crippen LogP contribution in [0.3, 0.4) is 0 Å². The molecule has 4 heterocycles. The van der Waals surface area contributed by atoms with Gasteiger partial charge in [0.2, 0.25) is 17.7 Å². The van der Waals surface area contributed by atoms with Gasteiger partial charge in [0.05, 0.1) is 23.8 Å². The van der Waals surface area contributed by atoms with E-state index in [1.807, 2.05) is 0 Å².